The molecule has 14 heavy (non-hydrogen) atoms. The third-order valence-electron chi connectivity index (χ3n) is 2.09. The fourth-order valence-corrected chi connectivity index (χ4v) is 3.12. The minimum atomic E-state index is -3.21. The Balaban J connectivity index is 3.94. The predicted octanol–water partition coefficient (Wildman–Crippen LogP) is 2.17. The van der Waals surface area contributed by atoms with Gasteiger partial charge in [0, 0.05) is 12.3 Å². The molecule has 0 aliphatic rings. The number of rotatable bonds is 7. The van der Waals surface area contributed by atoms with Crippen molar-refractivity contribution in [2.24, 2.45) is 5.92 Å². The van der Waals surface area contributed by atoms with E-state index in [1.54, 1.807) is 0 Å². The minimum Gasteiger partial charge on any atom is -0.481 e. The molecule has 0 saturated heterocycles. The van der Waals surface area contributed by atoms with E-state index in [4.69, 9.17) is 5.11 Å². The van der Waals surface area contributed by atoms with Gasteiger partial charge in [-0.1, -0.05) is 26.7 Å². The molecule has 0 spiro atoms. The van der Waals surface area contributed by atoms with Crippen LogP contribution in [0.1, 0.15) is 33.1 Å². The van der Waals surface area contributed by atoms with Gasteiger partial charge in [-0.3, -0.25) is 9.36 Å². The molecule has 2 atom stereocenters. The van der Waals surface area contributed by atoms with Gasteiger partial charge in [-0.25, -0.2) is 0 Å². The van der Waals surface area contributed by atoms with Gasteiger partial charge < -0.3 is 10.00 Å². The SMILES string of the molecule is CCCCCP(=O)(O)CC(C)C(=O)O. The molecule has 0 heterocycles. The van der Waals surface area contributed by atoms with Gasteiger partial charge in [0.05, 0.1) is 5.92 Å². The first-order chi connectivity index (χ1) is 6.39. The number of hydrogen-bond donors (Lipinski definition) is 2. The fourth-order valence-electron chi connectivity index (χ4n) is 1.21. The van der Waals surface area contributed by atoms with Crippen molar-refractivity contribution in [1.82, 2.24) is 0 Å². The molecule has 0 aromatic carbocycles. The largest absolute Gasteiger partial charge is 0.481 e. The highest BCUT2D eigenvalue weighted by Crippen LogP contribution is 2.43. The normalized spacial score (nSPS) is 17.4. The second kappa shape index (κ2) is 6.20. The van der Waals surface area contributed by atoms with Crippen molar-refractivity contribution in [3.63, 3.8) is 0 Å². The summed E-state index contributed by atoms with van der Waals surface area (Å²) >= 11 is 0. The number of aliphatic carboxylic acids is 1. The van der Waals surface area contributed by atoms with Crippen LogP contribution in [0.3, 0.4) is 0 Å². The first-order valence-corrected chi connectivity index (χ1v) is 6.95. The molecule has 0 radical (unpaired) electrons. The lowest BCUT2D eigenvalue weighted by molar-refractivity contribution is -0.140. The van der Waals surface area contributed by atoms with Gasteiger partial charge in [0.1, 0.15) is 0 Å². The lowest BCUT2D eigenvalue weighted by Crippen LogP contribution is -2.15. The highest BCUT2D eigenvalue weighted by molar-refractivity contribution is 7.58. The van der Waals surface area contributed by atoms with E-state index in [0.29, 0.717) is 6.42 Å². The van der Waals surface area contributed by atoms with Crippen LogP contribution in [0.15, 0.2) is 0 Å². The average Bonchev–Trinajstić information content (AvgIpc) is 2.03. The third-order valence-corrected chi connectivity index (χ3v) is 4.23. The van der Waals surface area contributed by atoms with E-state index >= 15 is 0 Å². The first kappa shape index (κ1) is 13.7. The lowest BCUT2D eigenvalue weighted by Gasteiger charge is -2.13. The Morgan fingerprint density at radius 2 is 2.00 bits per heavy atom. The van der Waals surface area contributed by atoms with Crippen LogP contribution in [0, 0.1) is 5.92 Å². The van der Waals surface area contributed by atoms with Crippen LogP contribution in [0.25, 0.3) is 0 Å². The second-order valence-corrected chi connectivity index (χ2v) is 6.20. The number of unbranched alkanes of at least 4 members (excludes halogenated alkanes) is 2. The van der Waals surface area contributed by atoms with Crippen molar-refractivity contribution >= 4 is 13.3 Å². The van der Waals surface area contributed by atoms with Crippen LogP contribution in [-0.4, -0.2) is 28.3 Å². The number of hydrogen-bond acceptors (Lipinski definition) is 2. The Morgan fingerprint density at radius 1 is 1.43 bits per heavy atom. The minimum absolute atomic E-state index is 0.105. The van der Waals surface area contributed by atoms with Crippen LogP contribution >= 0.6 is 7.37 Å². The zero-order valence-corrected chi connectivity index (χ0v) is 9.67. The summed E-state index contributed by atoms with van der Waals surface area (Å²) in [7, 11) is -3.21. The monoisotopic (exact) mass is 222 g/mol. The quantitative estimate of drug-likeness (QED) is 0.511. The van der Waals surface area contributed by atoms with Crippen LogP contribution in [0.4, 0.5) is 0 Å². The summed E-state index contributed by atoms with van der Waals surface area (Å²) in [6.07, 6.45) is 2.77. The summed E-state index contributed by atoms with van der Waals surface area (Å²) in [5, 5.41) is 8.58. The number of carboxylic acids is 1. The van der Waals surface area contributed by atoms with Gasteiger partial charge >= 0.3 is 5.97 Å². The standard InChI is InChI=1S/C9H19O4P/c1-3-4-5-6-14(12,13)7-8(2)9(10)11/h8H,3-7H2,1-2H3,(H,10,11)(H,12,13). The highest BCUT2D eigenvalue weighted by atomic mass is 31.2. The molecule has 0 aromatic heterocycles. The maximum atomic E-state index is 11.5. The Bertz CT molecular complexity index is 227. The Morgan fingerprint density at radius 3 is 2.43 bits per heavy atom. The molecule has 2 N–H and O–H groups in total. The van der Waals surface area contributed by atoms with Crippen molar-refractivity contribution in [3.05, 3.63) is 0 Å². The smallest absolute Gasteiger partial charge is 0.306 e. The van der Waals surface area contributed by atoms with Crippen molar-refractivity contribution < 1.29 is 19.4 Å². The van der Waals surface area contributed by atoms with E-state index in [2.05, 4.69) is 0 Å². The van der Waals surface area contributed by atoms with E-state index in [1.165, 1.54) is 6.92 Å². The molecule has 0 amide bonds. The van der Waals surface area contributed by atoms with Crippen molar-refractivity contribution in [1.29, 1.82) is 0 Å². The topological polar surface area (TPSA) is 74.6 Å². The van der Waals surface area contributed by atoms with Crippen LogP contribution < -0.4 is 0 Å². The maximum absolute atomic E-state index is 11.5. The second-order valence-electron chi connectivity index (χ2n) is 3.70. The fraction of sp³-hybridized carbons (Fsp3) is 0.889. The molecule has 0 fully saturated rings. The van der Waals surface area contributed by atoms with Crippen molar-refractivity contribution in [2.45, 2.75) is 33.1 Å². The zero-order valence-electron chi connectivity index (χ0n) is 8.77. The Hall–Kier alpha value is -0.340. The number of carboxylic acid groups (broad SMARTS) is 1. The van der Waals surface area contributed by atoms with Gasteiger partial charge in [-0.05, 0) is 6.42 Å². The number of carbonyl (C=O) groups is 1. The van der Waals surface area contributed by atoms with Crippen molar-refractivity contribution in [2.75, 3.05) is 12.3 Å². The zero-order chi connectivity index (χ0) is 11.2. The van der Waals surface area contributed by atoms with E-state index in [0.717, 1.165) is 12.8 Å². The van der Waals surface area contributed by atoms with Crippen molar-refractivity contribution in [3.8, 4) is 0 Å². The molecule has 5 heteroatoms. The molecule has 84 valence electrons. The van der Waals surface area contributed by atoms with Gasteiger partial charge in [0.15, 0.2) is 0 Å². The van der Waals surface area contributed by atoms with Gasteiger partial charge in [0.2, 0.25) is 7.37 Å². The molecule has 2 unspecified atom stereocenters. The summed E-state index contributed by atoms with van der Waals surface area (Å²) in [5.74, 6) is -1.73. The summed E-state index contributed by atoms with van der Waals surface area (Å²) in [5.41, 5.74) is 0. The van der Waals surface area contributed by atoms with Crippen LogP contribution in [0.5, 0.6) is 0 Å². The highest BCUT2D eigenvalue weighted by Gasteiger charge is 2.24. The Kier molecular flexibility index (Phi) is 6.05. The molecular weight excluding hydrogens is 203 g/mol. The summed E-state index contributed by atoms with van der Waals surface area (Å²) < 4.78 is 11.5. The molecule has 0 bridgehead atoms. The molecular formula is C9H19O4P. The molecule has 0 rings (SSSR count). The average molecular weight is 222 g/mol. The first-order valence-electron chi connectivity index (χ1n) is 4.92. The Labute approximate surface area is 84.8 Å². The molecule has 0 aromatic rings. The van der Waals surface area contributed by atoms with E-state index in [9.17, 15) is 14.3 Å². The third kappa shape index (κ3) is 6.17. The predicted molar refractivity (Wildman–Crippen MR) is 55.9 cm³/mol. The summed E-state index contributed by atoms with van der Waals surface area (Å²) in [6.45, 7) is 3.48. The molecule has 0 aliphatic heterocycles. The van der Waals surface area contributed by atoms with Gasteiger partial charge in [-0.2, -0.15) is 0 Å². The lowest BCUT2D eigenvalue weighted by atomic mass is 10.2. The van der Waals surface area contributed by atoms with Crippen LogP contribution in [-0.2, 0) is 9.36 Å². The summed E-state index contributed by atoms with van der Waals surface area (Å²) in [4.78, 5) is 19.9. The van der Waals surface area contributed by atoms with E-state index in [-0.39, 0.29) is 12.3 Å². The van der Waals surface area contributed by atoms with Crippen LogP contribution in [0.2, 0.25) is 0 Å². The summed E-state index contributed by atoms with van der Waals surface area (Å²) in [6, 6.07) is 0. The maximum Gasteiger partial charge on any atom is 0.306 e. The van der Waals surface area contributed by atoms with Gasteiger partial charge in [-0.15, -0.1) is 0 Å². The van der Waals surface area contributed by atoms with Gasteiger partial charge in [0.25, 0.3) is 0 Å². The van der Waals surface area contributed by atoms with E-state index < -0.39 is 19.3 Å². The molecule has 4 nitrogen and oxygen atoms in total. The molecule has 0 aliphatic carbocycles. The van der Waals surface area contributed by atoms with E-state index in [1.807, 2.05) is 6.92 Å². The molecule has 0 saturated carbocycles.